The molecule has 3 saturated carbocycles. The number of allylic oxidation sites excluding steroid dienone is 1. The number of fused-ring (bicyclic) bond motifs is 5. The maximum atomic E-state index is 11.7. The Morgan fingerprint density at radius 3 is 2.58 bits per heavy atom. The van der Waals surface area contributed by atoms with E-state index in [0.29, 0.717) is 17.4 Å². The van der Waals surface area contributed by atoms with E-state index in [1.165, 1.54) is 39.2 Å². The number of carbonyl (C=O) groups is 1. The van der Waals surface area contributed by atoms with E-state index < -0.39 is 6.16 Å². The minimum absolute atomic E-state index is 0.0230. The van der Waals surface area contributed by atoms with Crippen LogP contribution in [0.4, 0.5) is 4.79 Å². The molecule has 0 amide bonds. The first-order valence-corrected chi connectivity index (χ1v) is 10.4. The molecule has 0 unspecified atom stereocenters. The zero-order valence-electron chi connectivity index (χ0n) is 16.8. The van der Waals surface area contributed by atoms with Gasteiger partial charge in [0.05, 0.1) is 13.2 Å². The lowest BCUT2D eigenvalue weighted by Gasteiger charge is -2.58. The molecule has 0 aromatic carbocycles. The van der Waals surface area contributed by atoms with Crippen LogP contribution in [0.3, 0.4) is 0 Å². The summed E-state index contributed by atoms with van der Waals surface area (Å²) in [5.74, 6) is 2.21. The van der Waals surface area contributed by atoms with E-state index in [1.54, 1.807) is 5.57 Å². The van der Waals surface area contributed by atoms with Crippen LogP contribution in [0.1, 0.15) is 65.2 Å². The number of hydrogen-bond donors (Lipinski definition) is 0. The Morgan fingerprint density at radius 1 is 1.04 bits per heavy atom. The molecule has 4 rings (SSSR count). The highest BCUT2D eigenvalue weighted by Crippen LogP contribution is 2.65. The van der Waals surface area contributed by atoms with Crippen molar-refractivity contribution in [1.29, 1.82) is 0 Å². The van der Waals surface area contributed by atoms with E-state index in [9.17, 15) is 4.79 Å². The molecule has 0 aromatic heterocycles. The van der Waals surface area contributed by atoms with Gasteiger partial charge in [0, 0.05) is 12.5 Å². The third-order valence-electron chi connectivity index (χ3n) is 8.69. The summed E-state index contributed by atoms with van der Waals surface area (Å²) in [6, 6.07) is 0. The normalized spacial score (nSPS) is 47.2. The quantitative estimate of drug-likeness (QED) is 0.505. The van der Waals surface area contributed by atoms with Crippen LogP contribution in [0.25, 0.3) is 0 Å². The van der Waals surface area contributed by atoms with Gasteiger partial charge in [0.1, 0.15) is 6.10 Å². The average Bonchev–Trinajstić information content (AvgIpc) is 2.97. The summed E-state index contributed by atoms with van der Waals surface area (Å²) in [4.78, 5) is 11.7. The lowest BCUT2D eigenvalue weighted by molar-refractivity contribution is -0.0872. The molecule has 0 heterocycles. The Morgan fingerprint density at radius 2 is 1.85 bits per heavy atom. The van der Waals surface area contributed by atoms with Crippen LogP contribution in [-0.2, 0) is 14.2 Å². The summed E-state index contributed by atoms with van der Waals surface area (Å²) in [7, 11) is 3.24. The summed E-state index contributed by atoms with van der Waals surface area (Å²) in [6.45, 7) is 4.88. The molecular formula is C22H34O4. The predicted octanol–water partition coefficient (Wildman–Crippen LogP) is 5.12. The standard InChI is InChI=1S/C22H34O4/c1-21-11-9-15(24-3)13-14(21)5-6-16-17-7-8-19(26-20(23)25-4)22(17,2)12-10-18(16)21/h13,15-19H,5-12H2,1-4H3/t15-,16-,17-,18-,19-,21-,22-/m0/s1. The molecule has 0 radical (unpaired) electrons. The Hall–Kier alpha value is -1.03. The fourth-order valence-electron chi connectivity index (χ4n) is 7.19. The molecular weight excluding hydrogens is 328 g/mol. The van der Waals surface area contributed by atoms with Gasteiger partial charge in [-0.25, -0.2) is 4.79 Å². The monoisotopic (exact) mass is 362 g/mol. The summed E-state index contributed by atoms with van der Waals surface area (Å²) >= 11 is 0. The SMILES string of the molecule is COC(=O)O[C@H]1CC[C@H]2[C@@H]3CCC4=C[C@@H](OC)CC[C@]4(C)[C@H]3CC[C@]12C. The predicted molar refractivity (Wildman–Crippen MR) is 99.8 cm³/mol. The third kappa shape index (κ3) is 2.63. The second kappa shape index (κ2) is 6.54. The fraction of sp³-hybridized carbons (Fsp3) is 0.864. The smallest absolute Gasteiger partial charge is 0.438 e. The Bertz CT molecular complexity index is 599. The van der Waals surface area contributed by atoms with E-state index in [4.69, 9.17) is 14.2 Å². The van der Waals surface area contributed by atoms with Crippen LogP contribution >= 0.6 is 0 Å². The molecule has 0 N–H and O–H groups in total. The molecule has 0 aromatic rings. The maximum Gasteiger partial charge on any atom is 0.508 e. The summed E-state index contributed by atoms with van der Waals surface area (Å²) in [5.41, 5.74) is 2.12. The van der Waals surface area contributed by atoms with Gasteiger partial charge in [0.25, 0.3) is 0 Å². The van der Waals surface area contributed by atoms with Crippen molar-refractivity contribution in [1.82, 2.24) is 0 Å². The molecule has 146 valence electrons. The van der Waals surface area contributed by atoms with Crippen LogP contribution in [0.2, 0.25) is 0 Å². The van der Waals surface area contributed by atoms with Gasteiger partial charge in [-0.2, -0.15) is 0 Å². The molecule has 26 heavy (non-hydrogen) atoms. The van der Waals surface area contributed by atoms with Crippen molar-refractivity contribution in [2.24, 2.45) is 28.6 Å². The van der Waals surface area contributed by atoms with Gasteiger partial charge in [-0.15, -0.1) is 0 Å². The average molecular weight is 363 g/mol. The Kier molecular flexibility index (Phi) is 4.61. The van der Waals surface area contributed by atoms with Crippen molar-refractivity contribution >= 4 is 6.16 Å². The first-order valence-electron chi connectivity index (χ1n) is 10.4. The molecule has 0 aliphatic heterocycles. The van der Waals surface area contributed by atoms with Gasteiger partial charge >= 0.3 is 6.16 Å². The highest BCUT2D eigenvalue weighted by atomic mass is 16.7. The molecule has 4 nitrogen and oxygen atoms in total. The fourth-order valence-corrected chi connectivity index (χ4v) is 7.19. The van der Waals surface area contributed by atoms with E-state index >= 15 is 0 Å². The number of ether oxygens (including phenoxy) is 3. The van der Waals surface area contributed by atoms with E-state index in [1.807, 2.05) is 7.11 Å². The van der Waals surface area contributed by atoms with Gasteiger partial charge in [-0.1, -0.05) is 25.5 Å². The van der Waals surface area contributed by atoms with Crippen molar-refractivity contribution < 1.29 is 19.0 Å². The van der Waals surface area contributed by atoms with Crippen molar-refractivity contribution in [3.05, 3.63) is 11.6 Å². The van der Waals surface area contributed by atoms with Gasteiger partial charge in [-0.05, 0) is 74.5 Å². The second-order valence-corrected chi connectivity index (χ2v) is 9.52. The molecule has 7 atom stereocenters. The molecule has 4 heteroatoms. The van der Waals surface area contributed by atoms with E-state index in [0.717, 1.165) is 31.1 Å². The van der Waals surface area contributed by atoms with Gasteiger partial charge in [0.15, 0.2) is 0 Å². The van der Waals surface area contributed by atoms with Gasteiger partial charge in [0.2, 0.25) is 0 Å². The number of methoxy groups -OCH3 is 2. The van der Waals surface area contributed by atoms with Crippen molar-refractivity contribution in [3.63, 3.8) is 0 Å². The minimum Gasteiger partial charge on any atom is -0.438 e. The summed E-state index contributed by atoms with van der Waals surface area (Å²) < 4.78 is 16.1. The van der Waals surface area contributed by atoms with Crippen molar-refractivity contribution in [2.75, 3.05) is 14.2 Å². The first kappa shape index (κ1) is 18.3. The summed E-state index contributed by atoms with van der Waals surface area (Å²) in [5, 5.41) is 0. The zero-order valence-corrected chi connectivity index (χ0v) is 16.8. The molecule has 4 aliphatic rings. The Labute approximate surface area is 157 Å². The number of rotatable bonds is 2. The van der Waals surface area contributed by atoms with Gasteiger partial charge < -0.3 is 14.2 Å². The van der Waals surface area contributed by atoms with E-state index in [2.05, 4.69) is 19.9 Å². The molecule has 4 aliphatic carbocycles. The molecule has 0 bridgehead atoms. The maximum absolute atomic E-state index is 11.7. The topological polar surface area (TPSA) is 44.8 Å². The molecule has 3 fully saturated rings. The van der Waals surface area contributed by atoms with Crippen molar-refractivity contribution in [3.8, 4) is 0 Å². The van der Waals surface area contributed by atoms with Crippen molar-refractivity contribution in [2.45, 2.75) is 77.4 Å². The highest BCUT2D eigenvalue weighted by molar-refractivity contribution is 5.60. The van der Waals surface area contributed by atoms with Gasteiger partial charge in [-0.3, -0.25) is 0 Å². The highest BCUT2D eigenvalue weighted by Gasteiger charge is 2.60. The molecule has 0 saturated heterocycles. The Balaban J connectivity index is 1.57. The first-order chi connectivity index (χ1) is 12.4. The van der Waals surface area contributed by atoms with Crippen LogP contribution in [0.15, 0.2) is 11.6 Å². The van der Waals surface area contributed by atoms with Crippen LogP contribution in [-0.4, -0.2) is 32.6 Å². The van der Waals surface area contributed by atoms with Crippen LogP contribution < -0.4 is 0 Å². The zero-order chi connectivity index (χ0) is 18.5. The van der Waals surface area contributed by atoms with Crippen LogP contribution in [0.5, 0.6) is 0 Å². The van der Waals surface area contributed by atoms with Crippen LogP contribution in [0, 0.1) is 28.6 Å². The minimum atomic E-state index is -0.516. The largest absolute Gasteiger partial charge is 0.508 e. The number of carbonyl (C=O) groups excluding carboxylic acids is 1. The second-order valence-electron chi connectivity index (χ2n) is 9.52. The lowest BCUT2D eigenvalue weighted by Crippen LogP contribution is -2.51. The molecule has 0 spiro atoms. The number of hydrogen-bond acceptors (Lipinski definition) is 4. The third-order valence-corrected chi connectivity index (χ3v) is 8.69. The summed E-state index contributed by atoms with van der Waals surface area (Å²) in [6.07, 6.45) is 11.8. The van der Waals surface area contributed by atoms with E-state index in [-0.39, 0.29) is 11.5 Å². The lowest BCUT2D eigenvalue weighted by atomic mass is 9.47.